The van der Waals surface area contributed by atoms with Crippen molar-refractivity contribution in [3.8, 4) is 11.5 Å². The monoisotopic (exact) mass is 341 g/mol. The van der Waals surface area contributed by atoms with Gasteiger partial charge in [0.2, 0.25) is 0 Å². The first kappa shape index (κ1) is 14.4. The van der Waals surface area contributed by atoms with Gasteiger partial charge in [-0.05, 0) is 40.2 Å². The fourth-order valence-corrected chi connectivity index (χ4v) is 3.08. The zero-order valence-corrected chi connectivity index (χ0v) is 13.1. The third-order valence-corrected chi connectivity index (χ3v) is 4.16. The summed E-state index contributed by atoms with van der Waals surface area (Å²) in [5.74, 6) is 1.55. The predicted octanol–water partition coefficient (Wildman–Crippen LogP) is 3.69. The Kier molecular flexibility index (Phi) is 5.69. The van der Waals surface area contributed by atoms with E-state index < -0.39 is 0 Å². The number of para-hydroxylation sites is 2. The van der Waals surface area contributed by atoms with Gasteiger partial charge in [0.15, 0.2) is 11.5 Å². The molecule has 0 saturated carbocycles. The highest BCUT2D eigenvalue weighted by Crippen LogP contribution is 2.25. The van der Waals surface area contributed by atoms with Crippen LogP contribution >= 0.6 is 27.3 Å². The summed E-state index contributed by atoms with van der Waals surface area (Å²) in [5, 5.41) is 3.35. The molecule has 0 bridgehead atoms. The number of hydrogen-bond acceptors (Lipinski definition) is 4. The van der Waals surface area contributed by atoms with Gasteiger partial charge in [0.05, 0.1) is 10.9 Å². The summed E-state index contributed by atoms with van der Waals surface area (Å²) in [6.45, 7) is 2.28. The van der Waals surface area contributed by atoms with Crippen molar-refractivity contribution in [2.75, 3.05) is 20.3 Å². The van der Waals surface area contributed by atoms with Crippen molar-refractivity contribution in [2.24, 2.45) is 0 Å². The maximum Gasteiger partial charge on any atom is 0.161 e. The standard InChI is InChI=1S/C14H16BrNO2S/c1-17-12-4-2-3-5-13(12)18-9-8-16-10-11-6-7-14(15)19-11/h2-7,16H,8-10H2,1H3. The van der Waals surface area contributed by atoms with Gasteiger partial charge in [-0.3, -0.25) is 0 Å². The predicted molar refractivity (Wildman–Crippen MR) is 82.2 cm³/mol. The van der Waals surface area contributed by atoms with E-state index in [1.54, 1.807) is 18.4 Å². The molecule has 2 rings (SSSR count). The van der Waals surface area contributed by atoms with Gasteiger partial charge in [-0.25, -0.2) is 0 Å². The van der Waals surface area contributed by atoms with Crippen LogP contribution in [0.1, 0.15) is 4.88 Å². The molecule has 19 heavy (non-hydrogen) atoms. The number of halogens is 1. The lowest BCUT2D eigenvalue weighted by molar-refractivity contribution is 0.292. The molecule has 1 N–H and O–H groups in total. The molecule has 1 aromatic carbocycles. The molecule has 3 nitrogen and oxygen atoms in total. The third-order valence-electron chi connectivity index (χ3n) is 2.53. The second-order valence-corrected chi connectivity index (χ2v) is 6.43. The van der Waals surface area contributed by atoms with Crippen molar-refractivity contribution in [1.82, 2.24) is 5.32 Å². The molecule has 0 aliphatic carbocycles. The molecule has 0 atom stereocenters. The first-order chi connectivity index (χ1) is 9.29. The van der Waals surface area contributed by atoms with Crippen molar-refractivity contribution in [3.63, 3.8) is 0 Å². The van der Waals surface area contributed by atoms with Gasteiger partial charge >= 0.3 is 0 Å². The minimum Gasteiger partial charge on any atom is -0.493 e. The van der Waals surface area contributed by atoms with Crippen molar-refractivity contribution in [3.05, 3.63) is 45.1 Å². The molecular weight excluding hydrogens is 326 g/mol. The molecule has 0 spiro atoms. The number of hydrogen-bond donors (Lipinski definition) is 1. The molecule has 0 radical (unpaired) electrons. The lowest BCUT2D eigenvalue weighted by Gasteiger charge is -2.10. The normalized spacial score (nSPS) is 10.4. The Bertz CT molecular complexity index is 516. The summed E-state index contributed by atoms with van der Waals surface area (Å²) < 4.78 is 12.1. The third kappa shape index (κ3) is 4.53. The van der Waals surface area contributed by atoms with E-state index in [1.165, 1.54) is 4.88 Å². The SMILES string of the molecule is COc1ccccc1OCCNCc1ccc(Br)s1. The molecular formula is C14H16BrNO2S. The summed E-state index contributed by atoms with van der Waals surface area (Å²) in [6.07, 6.45) is 0. The van der Waals surface area contributed by atoms with Crippen LogP contribution in [0.3, 0.4) is 0 Å². The van der Waals surface area contributed by atoms with Crippen LogP contribution in [0.15, 0.2) is 40.2 Å². The number of rotatable bonds is 7. The Morgan fingerprint density at radius 1 is 1.16 bits per heavy atom. The van der Waals surface area contributed by atoms with Crippen molar-refractivity contribution in [1.29, 1.82) is 0 Å². The Hall–Kier alpha value is -1.04. The zero-order chi connectivity index (χ0) is 13.5. The molecule has 0 amide bonds. The van der Waals surface area contributed by atoms with E-state index >= 15 is 0 Å². The van der Waals surface area contributed by atoms with E-state index in [0.717, 1.165) is 28.4 Å². The van der Waals surface area contributed by atoms with Crippen LogP contribution in [0.25, 0.3) is 0 Å². The first-order valence-electron chi connectivity index (χ1n) is 6.00. The van der Waals surface area contributed by atoms with Crippen molar-refractivity contribution < 1.29 is 9.47 Å². The number of benzene rings is 1. The van der Waals surface area contributed by atoms with E-state index in [0.29, 0.717) is 6.61 Å². The number of thiophene rings is 1. The molecule has 0 aliphatic rings. The first-order valence-corrected chi connectivity index (χ1v) is 7.61. The highest BCUT2D eigenvalue weighted by molar-refractivity contribution is 9.11. The summed E-state index contributed by atoms with van der Waals surface area (Å²) in [7, 11) is 1.65. The Balaban J connectivity index is 1.69. The van der Waals surface area contributed by atoms with Gasteiger partial charge in [0, 0.05) is 18.0 Å². The largest absolute Gasteiger partial charge is 0.493 e. The van der Waals surface area contributed by atoms with Gasteiger partial charge < -0.3 is 14.8 Å². The Labute approximate surface area is 125 Å². The van der Waals surface area contributed by atoms with Crippen molar-refractivity contribution >= 4 is 27.3 Å². The fraction of sp³-hybridized carbons (Fsp3) is 0.286. The molecule has 0 saturated heterocycles. The zero-order valence-electron chi connectivity index (χ0n) is 10.7. The smallest absolute Gasteiger partial charge is 0.161 e. The quantitative estimate of drug-likeness (QED) is 0.779. The van der Waals surface area contributed by atoms with Crippen LogP contribution in [0.5, 0.6) is 11.5 Å². The molecule has 1 aromatic heterocycles. The lowest BCUT2D eigenvalue weighted by atomic mass is 10.3. The minimum atomic E-state index is 0.618. The van der Waals surface area contributed by atoms with E-state index in [-0.39, 0.29) is 0 Å². The molecule has 1 heterocycles. The average Bonchev–Trinajstić information content (AvgIpc) is 2.84. The molecule has 0 unspecified atom stereocenters. The van der Waals surface area contributed by atoms with Crippen molar-refractivity contribution in [2.45, 2.75) is 6.54 Å². The van der Waals surface area contributed by atoms with E-state index in [4.69, 9.17) is 9.47 Å². The van der Waals surface area contributed by atoms with Crippen LogP contribution in [0, 0.1) is 0 Å². The highest BCUT2D eigenvalue weighted by atomic mass is 79.9. The minimum absolute atomic E-state index is 0.618. The number of methoxy groups -OCH3 is 1. The highest BCUT2D eigenvalue weighted by Gasteiger charge is 2.02. The van der Waals surface area contributed by atoms with E-state index in [1.807, 2.05) is 24.3 Å². The molecule has 102 valence electrons. The number of nitrogens with one attached hydrogen (secondary N) is 1. The summed E-state index contributed by atoms with van der Waals surface area (Å²) in [4.78, 5) is 1.31. The van der Waals surface area contributed by atoms with Gasteiger partial charge in [-0.2, -0.15) is 0 Å². The van der Waals surface area contributed by atoms with Crippen LogP contribution in [0.2, 0.25) is 0 Å². The van der Waals surface area contributed by atoms with E-state index in [2.05, 4.69) is 33.4 Å². The summed E-state index contributed by atoms with van der Waals surface area (Å²) in [6, 6.07) is 11.9. The van der Waals surface area contributed by atoms with Crippen LogP contribution < -0.4 is 14.8 Å². The maximum absolute atomic E-state index is 5.68. The van der Waals surface area contributed by atoms with Gasteiger partial charge in [-0.15, -0.1) is 11.3 Å². The van der Waals surface area contributed by atoms with Crippen LogP contribution in [-0.4, -0.2) is 20.3 Å². The van der Waals surface area contributed by atoms with Gasteiger partial charge in [0.1, 0.15) is 6.61 Å². The van der Waals surface area contributed by atoms with Gasteiger partial charge in [0.25, 0.3) is 0 Å². The van der Waals surface area contributed by atoms with Crippen LogP contribution in [-0.2, 0) is 6.54 Å². The van der Waals surface area contributed by atoms with E-state index in [9.17, 15) is 0 Å². The summed E-state index contributed by atoms with van der Waals surface area (Å²) >= 11 is 5.19. The molecule has 2 aromatic rings. The molecule has 5 heteroatoms. The second kappa shape index (κ2) is 7.53. The fourth-order valence-electron chi connectivity index (χ4n) is 1.63. The molecule has 0 aliphatic heterocycles. The van der Waals surface area contributed by atoms with Gasteiger partial charge in [-0.1, -0.05) is 12.1 Å². The maximum atomic E-state index is 5.68. The molecule has 0 fully saturated rings. The average molecular weight is 342 g/mol. The van der Waals surface area contributed by atoms with Crippen LogP contribution in [0.4, 0.5) is 0 Å². The Morgan fingerprint density at radius 3 is 2.63 bits per heavy atom. The topological polar surface area (TPSA) is 30.5 Å². The number of ether oxygens (including phenoxy) is 2. The Morgan fingerprint density at radius 2 is 1.95 bits per heavy atom. The lowest BCUT2D eigenvalue weighted by Crippen LogP contribution is -2.20. The summed E-state index contributed by atoms with van der Waals surface area (Å²) in [5.41, 5.74) is 0. The second-order valence-electron chi connectivity index (χ2n) is 3.88.